The van der Waals surface area contributed by atoms with Crippen LogP contribution in [0.1, 0.15) is 122 Å². The summed E-state index contributed by atoms with van der Waals surface area (Å²) in [7, 11) is 0. The molecule has 8 heteroatoms. The van der Waals surface area contributed by atoms with Crippen LogP contribution in [-0.2, 0) is 21.7 Å². The van der Waals surface area contributed by atoms with Crippen LogP contribution in [0.4, 0.5) is 0 Å². The molecule has 41 heavy (non-hydrogen) atoms. The molecule has 3 aromatic rings. The van der Waals surface area contributed by atoms with E-state index in [1.54, 1.807) is 0 Å². The Morgan fingerprint density at radius 1 is 0.585 bits per heavy atom. The van der Waals surface area contributed by atoms with Crippen LogP contribution >= 0.6 is 0 Å². The van der Waals surface area contributed by atoms with Crippen LogP contribution in [0.3, 0.4) is 0 Å². The van der Waals surface area contributed by atoms with E-state index in [9.17, 15) is 0 Å². The van der Waals surface area contributed by atoms with Gasteiger partial charge < -0.3 is 0 Å². The van der Waals surface area contributed by atoms with Crippen LogP contribution in [0.5, 0.6) is 0 Å². The van der Waals surface area contributed by atoms with Gasteiger partial charge in [0.1, 0.15) is 11.4 Å². The zero-order valence-corrected chi connectivity index (χ0v) is 25.6. The quantitative estimate of drug-likeness (QED) is 0.379. The van der Waals surface area contributed by atoms with Gasteiger partial charge in [0.05, 0.1) is 34.2 Å². The van der Waals surface area contributed by atoms with Crippen LogP contribution in [0.25, 0.3) is 17.2 Å². The maximum absolute atomic E-state index is 5.12. The van der Waals surface area contributed by atoms with Crippen LogP contribution in [0.2, 0.25) is 0 Å². The molecule has 7 rings (SSSR count). The van der Waals surface area contributed by atoms with Gasteiger partial charge >= 0.3 is 0 Å². The summed E-state index contributed by atoms with van der Waals surface area (Å²) in [5.74, 6) is 1.98. The van der Waals surface area contributed by atoms with Gasteiger partial charge in [-0.25, -0.2) is 19.9 Å². The molecule has 8 nitrogen and oxygen atoms in total. The van der Waals surface area contributed by atoms with Gasteiger partial charge in [-0.05, 0) is 50.2 Å². The summed E-state index contributed by atoms with van der Waals surface area (Å²) in [5, 5.41) is 18.6. The van der Waals surface area contributed by atoms with Gasteiger partial charge in [-0.15, -0.1) is 10.2 Å². The van der Waals surface area contributed by atoms with Crippen molar-refractivity contribution in [1.29, 1.82) is 0 Å². The van der Waals surface area contributed by atoms with Crippen molar-refractivity contribution in [3.05, 3.63) is 58.6 Å². The van der Waals surface area contributed by atoms with Gasteiger partial charge in [0, 0.05) is 27.6 Å². The van der Waals surface area contributed by atoms with E-state index in [-0.39, 0.29) is 21.7 Å². The van der Waals surface area contributed by atoms with E-state index in [0.717, 1.165) is 77.7 Å². The Kier molecular flexibility index (Phi) is 5.52. The fourth-order valence-corrected chi connectivity index (χ4v) is 6.69. The summed E-state index contributed by atoms with van der Waals surface area (Å²) in [6, 6.07) is 6.03. The van der Waals surface area contributed by atoms with Crippen molar-refractivity contribution >= 4 is 11.4 Å². The number of hydrogen-bond donors (Lipinski definition) is 0. The second-order valence-electron chi connectivity index (χ2n) is 15.2. The molecular formula is C33H40N8. The van der Waals surface area contributed by atoms with E-state index < -0.39 is 0 Å². The van der Waals surface area contributed by atoms with Gasteiger partial charge in [0.25, 0.3) is 0 Å². The lowest BCUT2D eigenvalue weighted by molar-refractivity contribution is 0.309. The number of nitrogens with zero attached hydrogens (tertiary/aromatic N) is 8. The zero-order chi connectivity index (χ0) is 28.9. The molecule has 212 valence electrons. The van der Waals surface area contributed by atoms with Crippen molar-refractivity contribution in [2.45, 2.75) is 109 Å². The first-order chi connectivity index (χ1) is 19.3. The molecule has 0 bridgehead atoms. The zero-order valence-electron chi connectivity index (χ0n) is 25.6. The minimum atomic E-state index is -0.0474. The summed E-state index contributed by atoms with van der Waals surface area (Å²) in [4.78, 5) is 20.3. The van der Waals surface area contributed by atoms with Gasteiger partial charge in [-0.2, -0.15) is 10.2 Å². The highest BCUT2D eigenvalue weighted by Crippen LogP contribution is 2.49. The molecule has 1 aliphatic heterocycles. The summed E-state index contributed by atoms with van der Waals surface area (Å²) in [5.41, 5.74) is 7.34. The highest BCUT2D eigenvalue weighted by atomic mass is 15.2. The average molecular weight is 549 g/mol. The molecule has 0 spiro atoms. The van der Waals surface area contributed by atoms with E-state index in [1.165, 1.54) is 0 Å². The van der Waals surface area contributed by atoms with Crippen LogP contribution in [0, 0.1) is 11.8 Å². The summed E-state index contributed by atoms with van der Waals surface area (Å²) in [6.07, 6.45) is 7.59. The molecule has 0 aromatic carbocycles. The minimum Gasteiger partial charge on any atom is -0.247 e. The fraction of sp³-hybridized carbons (Fsp3) is 0.576. The first kappa shape index (κ1) is 26.5. The van der Waals surface area contributed by atoms with Crippen LogP contribution in [0.15, 0.2) is 29.3 Å². The van der Waals surface area contributed by atoms with E-state index in [4.69, 9.17) is 30.1 Å². The third-order valence-electron chi connectivity index (χ3n) is 9.96. The number of hydrogen-bond acceptors (Lipinski definition) is 8. The summed E-state index contributed by atoms with van der Waals surface area (Å²) in [6.45, 7) is 18.0. The second kappa shape index (κ2) is 8.55. The highest BCUT2D eigenvalue weighted by molar-refractivity contribution is 6.06. The predicted molar refractivity (Wildman–Crippen MR) is 160 cm³/mol. The number of pyridine rings is 1. The summed E-state index contributed by atoms with van der Waals surface area (Å²) >= 11 is 0. The Bertz CT molecular complexity index is 1640. The first-order valence-electron chi connectivity index (χ1n) is 15.1. The molecule has 0 saturated heterocycles. The Hall–Kier alpha value is -3.42. The lowest BCUT2D eigenvalue weighted by atomic mass is 9.67. The Morgan fingerprint density at radius 2 is 1.10 bits per heavy atom. The maximum atomic E-state index is 5.12. The molecule has 2 atom stereocenters. The Labute approximate surface area is 242 Å². The number of aliphatic imine (C=N–C) groups is 1. The largest absolute Gasteiger partial charge is 0.247 e. The molecule has 2 unspecified atom stereocenters. The second-order valence-corrected chi connectivity index (χ2v) is 15.2. The van der Waals surface area contributed by atoms with Gasteiger partial charge in [-0.3, -0.25) is 0 Å². The van der Waals surface area contributed by atoms with E-state index >= 15 is 0 Å². The molecule has 4 heterocycles. The Balaban J connectivity index is 1.25. The number of fused-ring (bicyclic) bond motifs is 3. The lowest BCUT2D eigenvalue weighted by Crippen LogP contribution is -2.36. The fourth-order valence-electron chi connectivity index (χ4n) is 6.69. The van der Waals surface area contributed by atoms with Crippen molar-refractivity contribution < 1.29 is 0 Å². The third kappa shape index (κ3) is 4.32. The van der Waals surface area contributed by atoms with E-state index in [1.807, 2.05) is 18.2 Å². The molecule has 1 saturated carbocycles. The van der Waals surface area contributed by atoms with Gasteiger partial charge in [-0.1, -0.05) is 67.5 Å². The highest BCUT2D eigenvalue weighted by Gasteiger charge is 2.45. The van der Waals surface area contributed by atoms with Crippen molar-refractivity contribution in [3.63, 3.8) is 0 Å². The minimum absolute atomic E-state index is 0.0245. The molecule has 0 radical (unpaired) electrons. The number of rotatable bonds is 3. The van der Waals surface area contributed by atoms with Crippen molar-refractivity contribution in [3.8, 4) is 11.5 Å². The third-order valence-corrected chi connectivity index (χ3v) is 9.96. The van der Waals surface area contributed by atoms with Crippen LogP contribution < -0.4 is 0 Å². The monoisotopic (exact) mass is 548 g/mol. The maximum Gasteiger partial charge on any atom is 0.200 e. The van der Waals surface area contributed by atoms with Gasteiger partial charge in [0.2, 0.25) is 5.82 Å². The van der Waals surface area contributed by atoms with Crippen LogP contribution in [-0.4, -0.2) is 41.1 Å². The van der Waals surface area contributed by atoms with Crippen molar-refractivity contribution in [1.82, 2.24) is 35.3 Å². The molecule has 1 fully saturated rings. The number of aromatic nitrogens is 7. The van der Waals surface area contributed by atoms with Gasteiger partial charge in [0.15, 0.2) is 5.82 Å². The predicted octanol–water partition coefficient (Wildman–Crippen LogP) is 6.30. The van der Waals surface area contributed by atoms with E-state index in [0.29, 0.717) is 23.5 Å². The van der Waals surface area contributed by atoms with Crippen molar-refractivity contribution in [2.75, 3.05) is 0 Å². The summed E-state index contributed by atoms with van der Waals surface area (Å²) < 4.78 is 0. The molecule has 0 N–H and O–H groups in total. The smallest absolute Gasteiger partial charge is 0.200 e. The number of allylic oxidation sites excluding steroid dienone is 1. The lowest BCUT2D eigenvalue weighted by Gasteiger charge is -2.39. The molecule has 4 aliphatic rings. The van der Waals surface area contributed by atoms with Crippen molar-refractivity contribution in [2.24, 2.45) is 16.8 Å². The molecule has 3 aliphatic carbocycles. The topological polar surface area (TPSA) is 103 Å². The SMILES string of the molecule is CC1(C)CCC(C)(C)c2nc(C3=CC4CC4C(c4cccc(-c5nnc6c(n5)C(C)(C)CCC6(C)C)n4)=N3)nnc21. The normalized spacial score (nSPS) is 26.1. The molecular weight excluding hydrogens is 508 g/mol. The first-order valence-corrected chi connectivity index (χ1v) is 15.1. The average Bonchev–Trinajstić information content (AvgIpc) is 3.73. The molecule has 3 aromatic heterocycles. The Morgan fingerprint density at radius 3 is 1.71 bits per heavy atom. The van der Waals surface area contributed by atoms with E-state index in [2.05, 4.69) is 71.7 Å². The molecule has 0 amide bonds. The standard InChI is InChI=1S/C33H40N8/c1-30(2)12-14-32(5,6)26-24(30)36-28(40-38-26)21-11-9-10-20(34-21)23-19-16-18(19)17-22(35-23)29-37-25-27(39-41-29)33(7,8)15-13-31(25,3)4/h9-11,17-19H,12-16H2,1-8H3.